The van der Waals surface area contributed by atoms with Gasteiger partial charge in [0, 0.05) is 0 Å². The number of hydrogen-bond acceptors (Lipinski definition) is 1. The van der Waals surface area contributed by atoms with Crippen LogP contribution in [0.3, 0.4) is 0 Å². The van der Waals surface area contributed by atoms with Crippen LogP contribution in [0.5, 0.6) is 0 Å². The van der Waals surface area contributed by atoms with E-state index in [-0.39, 0.29) is 5.48 Å². The lowest BCUT2D eigenvalue weighted by molar-refractivity contribution is -0.921. The molecule has 76 valence electrons. The third-order valence-electron chi connectivity index (χ3n) is 2.80. The number of likely N-dealkylation sites (tertiary alicyclic amines) is 1. The topological polar surface area (TPSA) is 30.0 Å². The molecule has 0 aromatic rings. The van der Waals surface area contributed by atoms with E-state index in [1.165, 1.54) is 36.8 Å². The lowest BCUT2D eigenvalue weighted by atomic mass is 10.1. The Morgan fingerprint density at radius 2 is 1.38 bits per heavy atom. The molecule has 1 rings (SSSR count). The van der Waals surface area contributed by atoms with Gasteiger partial charge in [0.1, 0.15) is 0 Å². The van der Waals surface area contributed by atoms with Gasteiger partial charge < -0.3 is 9.96 Å². The van der Waals surface area contributed by atoms with Gasteiger partial charge in [0.05, 0.1) is 26.2 Å². The summed E-state index contributed by atoms with van der Waals surface area (Å²) in [4.78, 5) is 0. The maximum Gasteiger partial charge on any atom is 0.0973 e. The summed E-state index contributed by atoms with van der Waals surface area (Å²) < 4.78 is 1.20. The number of quaternary nitrogens is 1. The minimum Gasteiger partial charge on any atom is -0.870 e. The maximum atomic E-state index is 3.83. The Morgan fingerprint density at radius 1 is 0.923 bits per heavy atom. The van der Waals surface area contributed by atoms with Crippen LogP contribution in [0.15, 0.2) is 25.3 Å². The van der Waals surface area contributed by atoms with Gasteiger partial charge in [0.2, 0.25) is 0 Å². The van der Waals surface area contributed by atoms with Crippen LogP contribution < -0.4 is 0 Å². The molecule has 1 fully saturated rings. The summed E-state index contributed by atoms with van der Waals surface area (Å²) in [5.41, 5.74) is 0. The van der Waals surface area contributed by atoms with Crippen molar-refractivity contribution in [2.75, 3.05) is 26.2 Å². The zero-order chi connectivity index (χ0) is 8.86. The summed E-state index contributed by atoms with van der Waals surface area (Å²) in [6.45, 7) is 12.5. The van der Waals surface area contributed by atoms with Crippen LogP contribution in [0, 0.1) is 0 Å². The van der Waals surface area contributed by atoms with E-state index >= 15 is 0 Å². The second-order valence-corrected chi connectivity index (χ2v) is 3.79. The van der Waals surface area contributed by atoms with Gasteiger partial charge in [-0.2, -0.15) is 0 Å². The monoisotopic (exact) mass is 183 g/mol. The van der Waals surface area contributed by atoms with Crippen molar-refractivity contribution in [1.29, 1.82) is 0 Å². The number of hydrogen-bond donors (Lipinski definition) is 0. The number of piperidine rings is 1. The first-order valence-electron chi connectivity index (χ1n) is 4.90. The zero-order valence-corrected chi connectivity index (χ0v) is 8.41. The fraction of sp³-hybridized carbons (Fsp3) is 0.636. The fourth-order valence-electron chi connectivity index (χ4n) is 2.17. The molecule has 1 aliphatic rings. The molecular weight excluding hydrogens is 162 g/mol. The molecule has 0 amide bonds. The zero-order valence-electron chi connectivity index (χ0n) is 8.41. The molecule has 1 N–H and O–H groups in total. The van der Waals surface area contributed by atoms with Gasteiger partial charge in [-0.1, -0.05) is 13.2 Å². The molecule has 1 saturated heterocycles. The number of rotatable bonds is 4. The van der Waals surface area contributed by atoms with Crippen molar-refractivity contribution < 1.29 is 9.96 Å². The Morgan fingerprint density at radius 3 is 1.77 bits per heavy atom. The summed E-state index contributed by atoms with van der Waals surface area (Å²) in [7, 11) is 0. The third kappa shape index (κ3) is 3.33. The summed E-state index contributed by atoms with van der Waals surface area (Å²) in [6.07, 6.45) is 8.27. The van der Waals surface area contributed by atoms with E-state index in [1.54, 1.807) is 0 Å². The van der Waals surface area contributed by atoms with E-state index in [1.807, 2.05) is 0 Å². The first-order chi connectivity index (χ1) is 5.83. The molecule has 1 heterocycles. The number of nitrogens with zero attached hydrogens (tertiary/aromatic N) is 1. The standard InChI is InChI=1S/C11H20N.H2O/c1-3-8-12(9-4-2)10-6-5-7-11-12;/h3-4H,1-2,5-11H2;1H2/q+1;/p-1. The minimum absolute atomic E-state index is 0. The van der Waals surface area contributed by atoms with Gasteiger partial charge in [0.25, 0.3) is 0 Å². The summed E-state index contributed by atoms with van der Waals surface area (Å²) in [5, 5.41) is 0. The first kappa shape index (κ1) is 12.4. The van der Waals surface area contributed by atoms with Crippen LogP contribution in [0.2, 0.25) is 0 Å². The summed E-state index contributed by atoms with van der Waals surface area (Å²) >= 11 is 0. The van der Waals surface area contributed by atoms with Gasteiger partial charge in [-0.15, -0.1) is 0 Å². The van der Waals surface area contributed by atoms with Gasteiger partial charge in [-0.05, 0) is 31.4 Å². The molecule has 0 spiro atoms. The van der Waals surface area contributed by atoms with Crippen LogP contribution in [0.1, 0.15) is 19.3 Å². The van der Waals surface area contributed by atoms with E-state index < -0.39 is 0 Å². The van der Waals surface area contributed by atoms with Crippen molar-refractivity contribution >= 4 is 0 Å². The van der Waals surface area contributed by atoms with Gasteiger partial charge in [-0.25, -0.2) is 0 Å². The Bertz CT molecular complexity index is 147. The minimum atomic E-state index is 0. The molecule has 0 unspecified atom stereocenters. The van der Waals surface area contributed by atoms with Gasteiger partial charge in [0.15, 0.2) is 0 Å². The largest absolute Gasteiger partial charge is 0.870 e. The van der Waals surface area contributed by atoms with E-state index in [0.717, 1.165) is 13.1 Å². The summed E-state index contributed by atoms with van der Waals surface area (Å²) in [6, 6.07) is 0. The molecule has 0 aromatic carbocycles. The van der Waals surface area contributed by atoms with Crippen LogP contribution >= 0.6 is 0 Å². The van der Waals surface area contributed by atoms with Crippen molar-refractivity contribution in [3.05, 3.63) is 25.3 Å². The molecule has 0 saturated carbocycles. The molecule has 0 bridgehead atoms. The first-order valence-corrected chi connectivity index (χ1v) is 4.90. The van der Waals surface area contributed by atoms with Crippen LogP contribution in [0.4, 0.5) is 0 Å². The molecule has 2 nitrogen and oxygen atoms in total. The molecule has 0 aliphatic carbocycles. The lowest BCUT2D eigenvalue weighted by Crippen LogP contribution is -2.51. The van der Waals surface area contributed by atoms with Crippen molar-refractivity contribution in [2.45, 2.75) is 19.3 Å². The highest BCUT2D eigenvalue weighted by Gasteiger charge is 2.26. The predicted octanol–water partition coefficient (Wildman–Crippen LogP) is 2.18. The second-order valence-electron chi connectivity index (χ2n) is 3.79. The highest BCUT2D eigenvalue weighted by Crippen LogP contribution is 2.18. The highest BCUT2D eigenvalue weighted by molar-refractivity contribution is 4.73. The van der Waals surface area contributed by atoms with Crippen molar-refractivity contribution in [3.63, 3.8) is 0 Å². The SMILES string of the molecule is C=CC[N+]1(CC=C)CCCCC1.[OH-]. The molecule has 0 radical (unpaired) electrons. The van der Waals surface area contributed by atoms with Crippen molar-refractivity contribution in [3.8, 4) is 0 Å². The summed E-state index contributed by atoms with van der Waals surface area (Å²) in [5.74, 6) is 0. The maximum absolute atomic E-state index is 3.83. The Hall–Kier alpha value is -0.600. The van der Waals surface area contributed by atoms with Gasteiger partial charge in [-0.3, -0.25) is 0 Å². The average Bonchev–Trinajstić information content (AvgIpc) is 2.07. The van der Waals surface area contributed by atoms with Gasteiger partial charge >= 0.3 is 0 Å². The highest BCUT2D eigenvalue weighted by atomic mass is 16.0. The van der Waals surface area contributed by atoms with E-state index in [0.29, 0.717) is 0 Å². The Balaban J connectivity index is 0.00000144. The lowest BCUT2D eigenvalue weighted by Gasteiger charge is -2.40. The fourth-order valence-corrected chi connectivity index (χ4v) is 2.17. The Labute approximate surface area is 81.5 Å². The van der Waals surface area contributed by atoms with Crippen LogP contribution in [-0.4, -0.2) is 36.1 Å². The molecule has 0 aromatic heterocycles. The van der Waals surface area contributed by atoms with Crippen molar-refractivity contribution in [2.24, 2.45) is 0 Å². The quantitative estimate of drug-likeness (QED) is 0.485. The average molecular weight is 183 g/mol. The third-order valence-corrected chi connectivity index (χ3v) is 2.80. The molecule has 2 heteroatoms. The normalized spacial score (nSPS) is 20.0. The van der Waals surface area contributed by atoms with E-state index in [4.69, 9.17) is 0 Å². The second kappa shape index (κ2) is 5.95. The molecule has 13 heavy (non-hydrogen) atoms. The molecule has 0 atom stereocenters. The van der Waals surface area contributed by atoms with Crippen LogP contribution in [-0.2, 0) is 0 Å². The Kier molecular flexibility index (Phi) is 5.67. The van der Waals surface area contributed by atoms with Crippen LogP contribution in [0.25, 0.3) is 0 Å². The molecular formula is C11H21NO. The predicted molar refractivity (Wildman–Crippen MR) is 55.9 cm³/mol. The molecule has 1 aliphatic heterocycles. The van der Waals surface area contributed by atoms with E-state index in [9.17, 15) is 0 Å². The van der Waals surface area contributed by atoms with E-state index in [2.05, 4.69) is 25.3 Å². The smallest absolute Gasteiger partial charge is 0.0973 e. The van der Waals surface area contributed by atoms with Crippen molar-refractivity contribution in [1.82, 2.24) is 0 Å².